The molecule has 2 amide bonds. The Morgan fingerprint density at radius 2 is 1.68 bits per heavy atom. The summed E-state index contributed by atoms with van der Waals surface area (Å²) in [6.07, 6.45) is -0.437. The van der Waals surface area contributed by atoms with Crippen molar-refractivity contribution in [2.45, 2.75) is 12.7 Å². The van der Waals surface area contributed by atoms with E-state index in [1.807, 2.05) is 18.2 Å². The first-order valence-corrected chi connectivity index (χ1v) is 11.8. The number of nitrogens with one attached hydrogen (secondary N) is 1. The zero-order chi connectivity index (χ0) is 27.7. The highest BCUT2D eigenvalue weighted by Crippen LogP contribution is 2.30. The fourth-order valence-corrected chi connectivity index (χ4v) is 3.59. The van der Waals surface area contributed by atoms with E-state index in [4.69, 9.17) is 37.8 Å². The fraction of sp³-hybridized carbons (Fsp3) is 0.250. The molecule has 3 aromatic rings. The molecule has 202 valence electrons. The Morgan fingerprint density at radius 3 is 2.29 bits per heavy atom. The van der Waals surface area contributed by atoms with E-state index in [0.29, 0.717) is 34.7 Å². The second-order valence-electron chi connectivity index (χ2n) is 7.91. The molecule has 1 aliphatic rings. The number of carboxylic acids is 1. The summed E-state index contributed by atoms with van der Waals surface area (Å²) in [4.78, 5) is 33.4. The maximum Gasteiger partial charge on any atom is 0.490 e. The standard InChI is InChI=1S/C22H21Cl2N5O2.C2HF3O2/c23-19-5-4-18(13-20(19)24)31-17-3-1-2-16(12-17)15-28-8-10-29(11-9-28)22(30)27-21-14-25-6-7-26-21;3-2(4,5)1(6)7/h1-7,12-14H,8-11,15H2,(H,26,27,30);(H,6,7). The molecule has 0 aliphatic carbocycles. The lowest BCUT2D eigenvalue weighted by molar-refractivity contribution is -0.192. The van der Waals surface area contributed by atoms with Crippen LogP contribution in [0.2, 0.25) is 10.0 Å². The largest absolute Gasteiger partial charge is 0.490 e. The van der Waals surface area contributed by atoms with Gasteiger partial charge in [0.1, 0.15) is 11.5 Å². The fourth-order valence-electron chi connectivity index (χ4n) is 3.30. The Labute approximate surface area is 225 Å². The van der Waals surface area contributed by atoms with Gasteiger partial charge in [-0.1, -0.05) is 35.3 Å². The molecule has 9 nitrogen and oxygen atoms in total. The highest BCUT2D eigenvalue weighted by atomic mass is 35.5. The van der Waals surface area contributed by atoms with Crippen LogP contribution in [0.25, 0.3) is 0 Å². The van der Waals surface area contributed by atoms with Crippen molar-refractivity contribution < 1.29 is 32.6 Å². The second-order valence-corrected chi connectivity index (χ2v) is 8.73. The van der Waals surface area contributed by atoms with E-state index < -0.39 is 12.1 Å². The molecule has 2 heterocycles. The number of benzene rings is 2. The van der Waals surface area contributed by atoms with E-state index >= 15 is 0 Å². The third kappa shape index (κ3) is 9.05. The van der Waals surface area contributed by atoms with Gasteiger partial charge in [0, 0.05) is 51.2 Å². The van der Waals surface area contributed by atoms with E-state index in [0.717, 1.165) is 30.9 Å². The minimum atomic E-state index is -5.08. The number of carboxylic acid groups (broad SMARTS) is 1. The van der Waals surface area contributed by atoms with Crippen LogP contribution in [0.1, 0.15) is 5.56 Å². The lowest BCUT2D eigenvalue weighted by atomic mass is 10.2. The van der Waals surface area contributed by atoms with Crippen LogP contribution in [0, 0.1) is 0 Å². The lowest BCUT2D eigenvalue weighted by Gasteiger charge is -2.34. The number of hydrogen-bond donors (Lipinski definition) is 2. The summed E-state index contributed by atoms with van der Waals surface area (Å²) in [7, 11) is 0. The SMILES string of the molecule is O=C(Nc1cnccn1)N1CCN(Cc2cccc(Oc3ccc(Cl)c(Cl)c3)c2)CC1.O=C(O)C(F)(F)F. The van der Waals surface area contributed by atoms with E-state index in [1.54, 1.807) is 35.5 Å². The highest BCUT2D eigenvalue weighted by molar-refractivity contribution is 6.42. The van der Waals surface area contributed by atoms with Gasteiger partial charge >= 0.3 is 18.2 Å². The summed E-state index contributed by atoms with van der Waals surface area (Å²) in [5.74, 6) is -0.937. The van der Waals surface area contributed by atoms with Gasteiger partial charge in [0.15, 0.2) is 5.82 Å². The van der Waals surface area contributed by atoms with Gasteiger partial charge < -0.3 is 14.7 Å². The van der Waals surface area contributed by atoms with Crippen LogP contribution in [-0.4, -0.2) is 69.2 Å². The average Bonchev–Trinajstić information content (AvgIpc) is 2.87. The number of amides is 2. The molecule has 1 saturated heterocycles. The number of alkyl halides is 3. The van der Waals surface area contributed by atoms with Gasteiger partial charge in [-0.05, 0) is 29.8 Å². The van der Waals surface area contributed by atoms with Crippen LogP contribution >= 0.6 is 23.2 Å². The summed E-state index contributed by atoms with van der Waals surface area (Å²) in [5, 5.41) is 10.8. The molecule has 0 saturated carbocycles. The number of urea groups is 1. The molecule has 2 aromatic carbocycles. The first-order chi connectivity index (χ1) is 18.0. The number of aliphatic carboxylic acids is 1. The van der Waals surface area contributed by atoms with E-state index in [-0.39, 0.29) is 6.03 Å². The summed E-state index contributed by atoms with van der Waals surface area (Å²) in [6.45, 7) is 3.63. The predicted molar refractivity (Wildman–Crippen MR) is 135 cm³/mol. The van der Waals surface area contributed by atoms with Gasteiger partial charge in [-0.3, -0.25) is 15.2 Å². The van der Waals surface area contributed by atoms with E-state index in [2.05, 4.69) is 26.3 Å². The number of carbonyl (C=O) groups is 2. The Morgan fingerprint density at radius 1 is 1.00 bits per heavy atom. The van der Waals surface area contributed by atoms with Crippen molar-refractivity contribution in [2.24, 2.45) is 0 Å². The Kier molecular flexibility index (Phi) is 10.1. The van der Waals surface area contributed by atoms with Crippen molar-refractivity contribution >= 4 is 41.0 Å². The maximum atomic E-state index is 12.4. The van der Waals surface area contributed by atoms with Crippen molar-refractivity contribution in [1.29, 1.82) is 0 Å². The number of carbonyl (C=O) groups excluding carboxylic acids is 1. The van der Waals surface area contributed by atoms with E-state index in [1.165, 1.54) is 6.20 Å². The van der Waals surface area contributed by atoms with Gasteiger partial charge in [-0.25, -0.2) is 14.6 Å². The molecule has 2 N–H and O–H groups in total. The molecule has 0 atom stereocenters. The minimum absolute atomic E-state index is 0.155. The number of halogens is 5. The molecule has 0 unspecified atom stereocenters. The normalized spacial score (nSPS) is 13.8. The Balaban J connectivity index is 0.000000505. The number of piperazine rings is 1. The zero-order valence-electron chi connectivity index (χ0n) is 19.7. The molecule has 1 fully saturated rings. The van der Waals surface area contributed by atoms with Crippen molar-refractivity contribution in [2.75, 3.05) is 31.5 Å². The Hall–Kier alpha value is -3.61. The maximum absolute atomic E-state index is 12.4. The monoisotopic (exact) mass is 571 g/mol. The second kappa shape index (κ2) is 13.3. The van der Waals surface area contributed by atoms with Crippen LogP contribution in [0.3, 0.4) is 0 Å². The summed E-state index contributed by atoms with van der Waals surface area (Å²) in [6, 6.07) is 13.0. The van der Waals surface area contributed by atoms with Crippen molar-refractivity contribution in [3.63, 3.8) is 0 Å². The van der Waals surface area contributed by atoms with Gasteiger partial charge in [0.25, 0.3) is 0 Å². The number of nitrogens with zero attached hydrogens (tertiary/aromatic N) is 4. The quantitative estimate of drug-likeness (QED) is 0.412. The smallest absolute Gasteiger partial charge is 0.475 e. The van der Waals surface area contributed by atoms with Crippen LogP contribution in [-0.2, 0) is 11.3 Å². The van der Waals surface area contributed by atoms with Crippen LogP contribution in [0.5, 0.6) is 11.5 Å². The van der Waals surface area contributed by atoms with Gasteiger partial charge in [0.05, 0.1) is 16.2 Å². The van der Waals surface area contributed by atoms with Crippen molar-refractivity contribution in [3.05, 3.63) is 76.7 Å². The average molecular weight is 572 g/mol. The van der Waals surface area contributed by atoms with Crippen molar-refractivity contribution in [3.8, 4) is 11.5 Å². The predicted octanol–water partition coefficient (Wildman–Crippen LogP) is 5.56. The molecule has 4 rings (SSSR count). The van der Waals surface area contributed by atoms with Gasteiger partial charge in [-0.2, -0.15) is 13.2 Å². The molecule has 14 heteroatoms. The number of ether oxygens (including phenoxy) is 1. The molecule has 1 aromatic heterocycles. The highest BCUT2D eigenvalue weighted by Gasteiger charge is 2.38. The zero-order valence-corrected chi connectivity index (χ0v) is 21.2. The Bertz CT molecular complexity index is 1240. The van der Waals surface area contributed by atoms with E-state index in [9.17, 15) is 18.0 Å². The van der Waals surface area contributed by atoms with Crippen LogP contribution in [0.4, 0.5) is 23.8 Å². The summed E-state index contributed by atoms with van der Waals surface area (Å²) in [5.41, 5.74) is 1.13. The molecule has 38 heavy (non-hydrogen) atoms. The summed E-state index contributed by atoms with van der Waals surface area (Å²) < 4.78 is 37.7. The topological polar surface area (TPSA) is 108 Å². The third-order valence-electron chi connectivity index (χ3n) is 5.13. The first-order valence-electron chi connectivity index (χ1n) is 11.1. The molecular weight excluding hydrogens is 550 g/mol. The molecule has 0 spiro atoms. The number of rotatable bonds is 5. The molecule has 1 aliphatic heterocycles. The molecular formula is C24H22Cl2F3N5O4. The van der Waals surface area contributed by atoms with Crippen LogP contribution in [0.15, 0.2) is 61.1 Å². The van der Waals surface area contributed by atoms with Gasteiger partial charge in [-0.15, -0.1) is 0 Å². The molecule has 0 radical (unpaired) electrons. The van der Waals surface area contributed by atoms with Crippen molar-refractivity contribution in [1.82, 2.24) is 19.8 Å². The lowest BCUT2D eigenvalue weighted by Crippen LogP contribution is -2.49. The van der Waals surface area contributed by atoms with Gasteiger partial charge in [0.2, 0.25) is 0 Å². The number of hydrogen-bond acceptors (Lipinski definition) is 6. The first kappa shape index (κ1) is 29.0. The molecule has 0 bridgehead atoms. The third-order valence-corrected chi connectivity index (χ3v) is 5.87. The number of aromatic nitrogens is 2. The minimum Gasteiger partial charge on any atom is -0.475 e. The van der Waals surface area contributed by atoms with Crippen LogP contribution < -0.4 is 10.1 Å². The number of anilines is 1. The summed E-state index contributed by atoms with van der Waals surface area (Å²) >= 11 is 12.0.